The molecule has 1 aromatic rings. The standard InChI is InChI=1S/C13H20N2O3/c1-10-5-6-11(12(9-10)18-4)14-13(16)15(2)7-8-17-3/h5-6,9H,7-8H2,1-4H3,(H,14,16). The Morgan fingerprint density at radius 3 is 2.72 bits per heavy atom. The zero-order valence-corrected chi connectivity index (χ0v) is 11.3. The van der Waals surface area contributed by atoms with E-state index in [9.17, 15) is 4.79 Å². The van der Waals surface area contributed by atoms with E-state index in [0.717, 1.165) is 5.56 Å². The van der Waals surface area contributed by atoms with Gasteiger partial charge in [-0.25, -0.2) is 4.79 Å². The maximum absolute atomic E-state index is 11.9. The number of methoxy groups -OCH3 is 2. The van der Waals surface area contributed by atoms with Crippen LogP contribution >= 0.6 is 0 Å². The van der Waals surface area contributed by atoms with Gasteiger partial charge in [0, 0.05) is 20.7 Å². The second-order valence-corrected chi connectivity index (χ2v) is 4.05. The zero-order valence-electron chi connectivity index (χ0n) is 11.3. The summed E-state index contributed by atoms with van der Waals surface area (Å²) in [5, 5.41) is 2.80. The van der Waals surface area contributed by atoms with E-state index in [-0.39, 0.29) is 6.03 Å². The molecule has 0 aliphatic heterocycles. The van der Waals surface area contributed by atoms with Crippen LogP contribution in [-0.2, 0) is 4.74 Å². The monoisotopic (exact) mass is 252 g/mol. The molecule has 1 N–H and O–H groups in total. The van der Waals surface area contributed by atoms with Crippen molar-refractivity contribution in [3.05, 3.63) is 23.8 Å². The van der Waals surface area contributed by atoms with E-state index in [0.29, 0.717) is 24.6 Å². The first-order chi connectivity index (χ1) is 8.58. The van der Waals surface area contributed by atoms with Gasteiger partial charge in [-0.1, -0.05) is 6.07 Å². The highest BCUT2D eigenvalue weighted by Gasteiger charge is 2.11. The van der Waals surface area contributed by atoms with Crippen molar-refractivity contribution >= 4 is 11.7 Å². The quantitative estimate of drug-likeness (QED) is 0.873. The first kappa shape index (κ1) is 14.3. The number of carbonyl (C=O) groups is 1. The van der Waals surface area contributed by atoms with Crippen LogP contribution in [0.2, 0.25) is 0 Å². The van der Waals surface area contributed by atoms with E-state index in [1.165, 1.54) is 0 Å². The number of anilines is 1. The molecule has 0 spiro atoms. The van der Waals surface area contributed by atoms with Gasteiger partial charge in [0.15, 0.2) is 0 Å². The van der Waals surface area contributed by atoms with E-state index in [1.807, 2.05) is 25.1 Å². The molecular weight excluding hydrogens is 232 g/mol. The molecule has 0 saturated carbocycles. The van der Waals surface area contributed by atoms with Crippen LogP contribution in [-0.4, -0.2) is 45.3 Å². The Balaban J connectivity index is 2.69. The smallest absolute Gasteiger partial charge is 0.321 e. The van der Waals surface area contributed by atoms with Crippen molar-refractivity contribution in [3.63, 3.8) is 0 Å². The first-order valence-corrected chi connectivity index (χ1v) is 5.74. The summed E-state index contributed by atoms with van der Waals surface area (Å²) in [4.78, 5) is 13.4. The lowest BCUT2D eigenvalue weighted by Crippen LogP contribution is -2.33. The maximum atomic E-state index is 11.9. The van der Waals surface area contributed by atoms with Crippen molar-refractivity contribution in [2.45, 2.75) is 6.92 Å². The number of amides is 2. The summed E-state index contributed by atoms with van der Waals surface area (Å²) >= 11 is 0. The van der Waals surface area contributed by atoms with Gasteiger partial charge in [0.25, 0.3) is 0 Å². The van der Waals surface area contributed by atoms with Crippen LogP contribution in [0.3, 0.4) is 0 Å². The lowest BCUT2D eigenvalue weighted by atomic mass is 10.2. The number of rotatable bonds is 5. The van der Waals surface area contributed by atoms with Crippen LogP contribution < -0.4 is 10.1 Å². The summed E-state index contributed by atoms with van der Waals surface area (Å²) in [6.07, 6.45) is 0. The van der Waals surface area contributed by atoms with E-state index >= 15 is 0 Å². The average molecular weight is 252 g/mol. The van der Waals surface area contributed by atoms with Gasteiger partial charge < -0.3 is 19.7 Å². The van der Waals surface area contributed by atoms with Crippen molar-refractivity contribution in [2.24, 2.45) is 0 Å². The van der Waals surface area contributed by atoms with E-state index in [4.69, 9.17) is 9.47 Å². The molecule has 0 heterocycles. The summed E-state index contributed by atoms with van der Waals surface area (Å²) in [6, 6.07) is 5.45. The van der Waals surface area contributed by atoms with Gasteiger partial charge in [0.2, 0.25) is 0 Å². The Morgan fingerprint density at radius 1 is 1.39 bits per heavy atom. The van der Waals surface area contributed by atoms with Crippen LogP contribution in [0.4, 0.5) is 10.5 Å². The van der Waals surface area contributed by atoms with Crippen LogP contribution in [0.1, 0.15) is 5.56 Å². The molecule has 0 fully saturated rings. The molecule has 0 bridgehead atoms. The van der Waals surface area contributed by atoms with Crippen molar-refractivity contribution in [1.82, 2.24) is 4.90 Å². The molecule has 18 heavy (non-hydrogen) atoms. The predicted molar refractivity (Wildman–Crippen MR) is 71.3 cm³/mol. The van der Waals surface area contributed by atoms with Crippen LogP contribution in [0.25, 0.3) is 0 Å². The fourth-order valence-electron chi connectivity index (χ4n) is 1.44. The fourth-order valence-corrected chi connectivity index (χ4v) is 1.44. The number of likely N-dealkylation sites (N-methyl/N-ethyl adjacent to an activating group) is 1. The molecule has 5 nitrogen and oxygen atoms in total. The van der Waals surface area contributed by atoms with Crippen LogP contribution in [0.5, 0.6) is 5.75 Å². The third-order valence-corrected chi connectivity index (χ3v) is 2.58. The molecule has 0 unspecified atom stereocenters. The molecule has 0 aliphatic rings. The predicted octanol–water partition coefficient (Wildman–Crippen LogP) is 2.11. The molecule has 0 radical (unpaired) electrons. The summed E-state index contributed by atoms with van der Waals surface area (Å²) in [5.74, 6) is 0.656. The molecule has 1 rings (SSSR count). The second kappa shape index (κ2) is 6.86. The Kier molecular flexibility index (Phi) is 5.45. The van der Waals surface area contributed by atoms with Gasteiger partial charge in [-0.3, -0.25) is 0 Å². The lowest BCUT2D eigenvalue weighted by molar-refractivity contribution is 0.165. The number of aryl methyl sites for hydroxylation is 1. The largest absolute Gasteiger partial charge is 0.495 e. The van der Waals surface area contributed by atoms with E-state index in [2.05, 4.69) is 5.32 Å². The van der Waals surface area contributed by atoms with E-state index < -0.39 is 0 Å². The number of carbonyl (C=O) groups excluding carboxylic acids is 1. The number of urea groups is 1. The number of nitrogens with zero attached hydrogens (tertiary/aromatic N) is 1. The van der Waals surface area contributed by atoms with Crippen molar-refractivity contribution in [3.8, 4) is 5.75 Å². The minimum absolute atomic E-state index is 0.186. The molecule has 0 aromatic heterocycles. The first-order valence-electron chi connectivity index (χ1n) is 5.74. The highest BCUT2D eigenvalue weighted by Crippen LogP contribution is 2.25. The third-order valence-electron chi connectivity index (χ3n) is 2.58. The Labute approximate surface area is 108 Å². The molecule has 0 atom stereocenters. The summed E-state index contributed by atoms with van der Waals surface area (Å²) < 4.78 is 10.2. The minimum atomic E-state index is -0.186. The summed E-state index contributed by atoms with van der Waals surface area (Å²) in [7, 11) is 4.91. The third kappa shape index (κ3) is 3.92. The number of benzene rings is 1. The van der Waals surface area contributed by atoms with E-state index in [1.54, 1.807) is 26.2 Å². The van der Waals surface area contributed by atoms with Crippen molar-refractivity contribution in [2.75, 3.05) is 39.7 Å². The number of hydrogen-bond acceptors (Lipinski definition) is 3. The number of hydrogen-bond donors (Lipinski definition) is 1. The average Bonchev–Trinajstić information content (AvgIpc) is 2.37. The Hall–Kier alpha value is -1.75. The summed E-state index contributed by atoms with van der Waals surface area (Å²) in [6.45, 7) is 3.02. The number of nitrogens with one attached hydrogen (secondary N) is 1. The maximum Gasteiger partial charge on any atom is 0.321 e. The normalized spacial score (nSPS) is 10.0. The van der Waals surface area contributed by atoms with Gasteiger partial charge in [-0.05, 0) is 24.6 Å². The van der Waals surface area contributed by atoms with Crippen molar-refractivity contribution in [1.29, 1.82) is 0 Å². The van der Waals surface area contributed by atoms with Gasteiger partial charge in [-0.15, -0.1) is 0 Å². The SMILES string of the molecule is COCCN(C)C(=O)Nc1ccc(C)cc1OC. The van der Waals surface area contributed by atoms with Crippen LogP contribution in [0.15, 0.2) is 18.2 Å². The second-order valence-electron chi connectivity index (χ2n) is 4.05. The molecular formula is C13H20N2O3. The van der Waals surface area contributed by atoms with Gasteiger partial charge in [-0.2, -0.15) is 0 Å². The molecule has 0 aliphatic carbocycles. The molecule has 100 valence electrons. The van der Waals surface area contributed by atoms with Crippen molar-refractivity contribution < 1.29 is 14.3 Å². The van der Waals surface area contributed by atoms with Crippen LogP contribution in [0, 0.1) is 6.92 Å². The highest BCUT2D eigenvalue weighted by molar-refractivity contribution is 5.90. The molecule has 0 saturated heterocycles. The lowest BCUT2D eigenvalue weighted by Gasteiger charge is -2.18. The fraction of sp³-hybridized carbons (Fsp3) is 0.462. The molecule has 2 amide bonds. The topological polar surface area (TPSA) is 50.8 Å². The molecule has 5 heteroatoms. The number of ether oxygens (including phenoxy) is 2. The Morgan fingerprint density at radius 2 is 2.11 bits per heavy atom. The van der Waals surface area contributed by atoms with Gasteiger partial charge >= 0.3 is 6.03 Å². The van der Waals surface area contributed by atoms with Gasteiger partial charge in [0.05, 0.1) is 19.4 Å². The molecule has 1 aromatic carbocycles. The highest BCUT2D eigenvalue weighted by atomic mass is 16.5. The summed E-state index contributed by atoms with van der Waals surface area (Å²) in [5.41, 5.74) is 1.75. The zero-order chi connectivity index (χ0) is 13.5. The Bertz CT molecular complexity index is 407. The minimum Gasteiger partial charge on any atom is -0.495 e. The van der Waals surface area contributed by atoms with Gasteiger partial charge in [0.1, 0.15) is 5.75 Å².